The Bertz CT molecular complexity index is 562. The van der Waals surface area contributed by atoms with Crippen molar-refractivity contribution in [3.63, 3.8) is 0 Å². The first-order valence-corrected chi connectivity index (χ1v) is 5.49. The molecule has 86 valence electrons. The number of pyridine rings is 2. The minimum Gasteiger partial charge on any atom is -0.320 e. The first-order chi connectivity index (χ1) is 8.16. The summed E-state index contributed by atoms with van der Waals surface area (Å²) in [7, 11) is 0. The van der Waals surface area contributed by atoms with Crippen LogP contribution in [0.4, 0.5) is 10.1 Å². The van der Waals surface area contributed by atoms with Crippen LogP contribution in [0.15, 0.2) is 41.3 Å². The molecule has 17 heavy (non-hydrogen) atoms. The fraction of sp³-hybridized carbons (Fsp3) is 0. The largest absolute Gasteiger partial charge is 0.320 e. The van der Waals surface area contributed by atoms with Gasteiger partial charge in [0.25, 0.3) is 5.91 Å². The number of anilines is 1. The zero-order chi connectivity index (χ0) is 12.3. The summed E-state index contributed by atoms with van der Waals surface area (Å²) in [6, 6.07) is 5.88. The monoisotopic (exact) mass is 295 g/mol. The average molecular weight is 296 g/mol. The fourth-order valence-electron chi connectivity index (χ4n) is 1.22. The van der Waals surface area contributed by atoms with Crippen LogP contribution in [0.3, 0.4) is 0 Å². The summed E-state index contributed by atoms with van der Waals surface area (Å²) < 4.78 is 13.3. The minimum atomic E-state index is -0.692. The lowest BCUT2D eigenvalue weighted by atomic mass is 10.2. The van der Waals surface area contributed by atoms with Crippen LogP contribution in [0.2, 0.25) is 0 Å². The maximum atomic E-state index is 12.8. The van der Waals surface area contributed by atoms with E-state index in [4.69, 9.17) is 0 Å². The zero-order valence-electron chi connectivity index (χ0n) is 8.52. The molecule has 0 saturated carbocycles. The lowest BCUT2D eigenvalue weighted by Crippen LogP contribution is -2.13. The van der Waals surface area contributed by atoms with Gasteiger partial charge in [0.15, 0.2) is 0 Å². The van der Waals surface area contributed by atoms with Crippen molar-refractivity contribution in [2.75, 3.05) is 5.32 Å². The fourth-order valence-corrected chi connectivity index (χ4v) is 1.57. The normalized spacial score (nSPS) is 10.0. The Morgan fingerprint density at radius 2 is 2.12 bits per heavy atom. The number of amides is 1. The number of rotatable bonds is 2. The summed E-state index contributed by atoms with van der Waals surface area (Å²) in [6.45, 7) is 0. The molecule has 6 heteroatoms. The number of aromatic nitrogens is 2. The van der Waals surface area contributed by atoms with Gasteiger partial charge >= 0.3 is 0 Å². The van der Waals surface area contributed by atoms with Gasteiger partial charge in [0.05, 0.1) is 5.69 Å². The van der Waals surface area contributed by atoms with Crippen molar-refractivity contribution in [3.05, 3.63) is 52.8 Å². The molecule has 1 N–H and O–H groups in total. The molecule has 0 aromatic carbocycles. The number of hydrogen-bond acceptors (Lipinski definition) is 3. The van der Waals surface area contributed by atoms with E-state index in [1.807, 2.05) is 0 Å². The Morgan fingerprint density at radius 3 is 2.82 bits per heavy atom. The first-order valence-electron chi connectivity index (χ1n) is 4.70. The molecule has 2 rings (SSSR count). The topological polar surface area (TPSA) is 54.9 Å². The van der Waals surface area contributed by atoms with Gasteiger partial charge < -0.3 is 5.32 Å². The van der Waals surface area contributed by atoms with Crippen LogP contribution >= 0.6 is 15.9 Å². The van der Waals surface area contributed by atoms with E-state index in [1.54, 1.807) is 18.3 Å². The number of carbonyl (C=O) groups excluding carboxylic acids is 1. The molecule has 2 heterocycles. The van der Waals surface area contributed by atoms with E-state index in [9.17, 15) is 9.18 Å². The Balaban J connectivity index is 2.20. The number of nitrogens with zero attached hydrogens (tertiary/aromatic N) is 2. The van der Waals surface area contributed by atoms with Gasteiger partial charge in [-0.2, -0.15) is 4.39 Å². The summed E-state index contributed by atoms with van der Waals surface area (Å²) in [5.41, 5.74) is 0.725. The lowest BCUT2D eigenvalue weighted by molar-refractivity contribution is 0.102. The molecule has 0 radical (unpaired) electrons. The van der Waals surface area contributed by atoms with E-state index >= 15 is 0 Å². The average Bonchev–Trinajstić information content (AvgIpc) is 2.32. The van der Waals surface area contributed by atoms with Gasteiger partial charge in [-0.3, -0.25) is 4.79 Å². The predicted molar refractivity (Wildman–Crippen MR) is 64.1 cm³/mol. The van der Waals surface area contributed by atoms with E-state index in [0.29, 0.717) is 10.3 Å². The van der Waals surface area contributed by atoms with E-state index in [0.717, 1.165) is 6.07 Å². The number of carbonyl (C=O) groups is 1. The second-order valence-electron chi connectivity index (χ2n) is 3.16. The standard InChI is InChI=1S/C11H7BrFN3O/c12-10-8(2-1-4-15-10)16-11(17)7-3-5-14-9(13)6-7/h1-6H,(H,16,17). The van der Waals surface area contributed by atoms with E-state index in [1.165, 1.54) is 12.3 Å². The molecular weight excluding hydrogens is 289 g/mol. The van der Waals surface area contributed by atoms with Crippen molar-refractivity contribution in [1.29, 1.82) is 0 Å². The van der Waals surface area contributed by atoms with E-state index in [2.05, 4.69) is 31.2 Å². The predicted octanol–water partition coefficient (Wildman–Crippen LogP) is 2.63. The molecule has 2 aromatic rings. The van der Waals surface area contributed by atoms with Gasteiger partial charge in [0.1, 0.15) is 4.60 Å². The second-order valence-corrected chi connectivity index (χ2v) is 3.91. The Kier molecular flexibility index (Phi) is 3.43. The van der Waals surface area contributed by atoms with Gasteiger partial charge in [0, 0.05) is 24.0 Å². The summed E-state index contributed by atoms with van der Waals surface area (Å²) in [5, 5.41) is 2.61. The molecule has 0 atom stereocenters. The third-order valence-electron chi connectivity index (χ3n) is 2.00. The molecule has 0 aliphatic rings. The minimum absolute atomic E-state index is 0.202. The van der Waals surface area contributed by atoms with Crippen LogP contribution in [-0.4, -0.2) is 15.9 Å². The van der Waals surface area contributed by atoms with Gasteiger partial charge in [-0.1, -0.05) is 0 Å². The lowest BCUT2D eigenvalue weighted by Gasteiger charge is -2.06. The molecule has 0 saturated heterocycles. The number of halogens is 2. The van der Waals surface area contributed by atoms with E-state index in [-0.39, 0.29) is 5.56 Å². The molecule has 0 fully saturated rings. The van der Waals surface area contributed by atoms with Crippen LogP contribution in [0.5, 0.6) is 0 Å². The van der Waals surface area contributed by atoms with Crippen molar-refractivity contribution in [3.8, 4) is 0 Å². The maximum Gasteiger partial charge on any atom is 0.255 e. The zero-order valence-corrected chi connectivity index (χ0v) is 10.1. The van der Waals surface area contributed by atoms with Crippen LogP contribution in [-0.2, 0) is 0 Å². The Morgan fingerprint density at radius 1 is 1.29 bits per heavy atom. The highest BCUT2D eigenvalue weighted by atomic mass is 79.9. The Labute approximate surface area is 105 Å². The number of nitrogens with one attached hydrogen (secondary N) is 1. The van der Waals surface area contributed by atoms with Crippen molar-refractivity contribution < 1.29 is 9.18 Å². The number of hydrogen-bond donors (Lipinski definition) is 1. The third kappa shape index (κ3) is 2.85. The summed E-state index contributed by atoms with van der Waals surface area (Å²) >= 11 is 3.20. The van der Waals surface area contributed by atoms with Gasteiger partial charge in [-0.15, -0.1) is 0 Å². The quantitative estimate of drug-likeness (QED) is 0.867. The smallest absolute Gasteiger partial charge is 0.255 e. The van der Waals surface area contributed by atoms with Gasteiger partial charge in [-0.25, -0.2) is 9.97 Å². The molecule has 0 unspecified atom stereocenters. The van der Waals surface area contributed by atoms with Crippen molar-refractivity contribution in [2.24, 2.45) is 0 Å². The highest BCUT2D eigenvalue weighted by Gasteiger charge is 2.09. The summed E-state index contributed by atoms with van der Waals surface area (Å²) in [4.78, 5) is 19.1. The summed E-state index contributed by atoms with van der Waals surface area (Å²) in [6.07, 6.45) is 2.83. The molecule has 0 aliphatic carbocycles. The van der Waals surface area contributed by atoms with Gasteiger partial charge in [-0.05, 0) is 34.1 Å². The molecular formula is C11H7BrFN3O. The molecule has 1 amide bonds. The van der Waals surface area contributed by atoms with Crippen LogP contribution in [0, 0.1) is 5.95 Å². The van der Waals surface area contributed by atoms with E-state index < -0.39 is 11.9 Å². The second kappa shape index (κ2) is 5.01. The first kappa shape index (κ1) is 11.7. The molecule has 4 nitrogen and oxygen atoms in total. The maximum absolute atomic E-state index is 12.8. The van der Waals surface area contributed by atoms with Crippen LogP contribution < -0.4 is 5.32 Å². The van der Waals surface area contributed by atoms with Crippen molar-refractivity contribution in [2.45, 2.75) is 0 Å². The molecule has 0 spiro atoms. The van der Waals surface area contributed by atoms with Gasteiger partial charge in [0.2, 0.25) is 5.95 Å². The highest BCUT2D eigenvalue weighted by Crippen LogP contribution is 2.19. The molecule has 2 aromatic heterocycles. The van der Waals surface area contributed by atoms with Crippen molar-refractivity contribution in [1.82, 2.24) is 9.97 Å². The van der Waals surface area contributed by atoms with Crippen LogP contribution in [0.25, 0.3) is 0 Å². The van der Waals surface area contributed by atoms with Crippen LogP contribution in [0.1, 0.15) is 10.4 Å². The summed E-state index contributed by atoms with van der Waals surface area (Å²) in [5.74, 6) is -1.11. The SMILES string of the molecule is O=C(Nc1cccnc1Br)c1ccnc(F)c1. The molecule has 0 aliphatic heterocycles. The van der Waals surface area contributed by atoms with Crippen molar-refractivity contribution >= 4 is 27.5 Å². The highest BCUT2D eigenvalue weighted by molar-refractivity contribution is 9.10. The Hall–Kier alpha value is -1.82. The molecule has 0 bridgehead atoms. The third-order valence-corrected chi connectivity index (χ3v) is 2.63.